The molecule has 0 bridgehead atoms. The topological polar surface area (TPSA) is 15.3 Å². The van der Waals surface area contributed by atoms with Gasteiger partial charge in [0.25, 0.3) is 0 Å². The summed E-state index contributed by atoms with van der Waals surface area (Å²) in [7, 11) is 0. The van der Waals surface area contributed by atoms with E-state index in [2.05, 4.69) is 54.4 Å². The van der Waals surface area contributed by atoms with Crippen LogP contribution in [0.15, 0.2) is 30.3 Å². The summed E-state index contributed by atoms with van der Waals surface area (Å²) in [4.78, 5) is 2.54. The van der Waals surface area contributed by atoms with Crippen LogP contribution in [0, 0.1) is 0 Å². The highest BCUT2D eigenvalue weighted by Crippen LogP contribution is 2.17. The lowest BCUT2D eigenvalue weighted by molar-refractivity contribution is 0.162. The van der Waals surface area contributed by atoms with E-state index >= 15 is 0 Å². The molecular formula is C13H21ClN2. The Balaban J connectivity index is 0.00000128. The molecule has 1 heterocycles. The van der Waals surface area contributed by atoms with Gasteiger partial charge in [0.1, 0.15) is 0 Å². The number of hydrogen-bond acceptors (Lipinski definition) is 2. The number of benzene rings is 1. The van der Waals surface area contributed by atoms with Crippen LogP contribution in [0.5, 0.6) is 0 Å². The van der Waals surface area contributed by atoms with Crippen LogP contribution in [0.25, 0.3) is 0 Å². The van der Waals surface area contributed by atoms with E-state index in [1.807, 2.05) is 0 Å². The minimum Gasteiger partial charge on any atom is -0.308 e. The lowest BCUT2D eigenvalue weighted by Crippen LogP contribution is -2.48. The quantitative estimate of drug-likeness (QED) is 0.855. The highest BCUT2D eigenvalue weighted by atomic mass is 35.5. The van der Waals surface area contributed by atoms with Crippen molar-refractivity contribution in [1.82, 2.24) is 10.2 Å². The van der Waals surface area contributed by atoms with E-state index in [0.29, 0.717) is 12.1 Å². The largest absolute Gasteiger partial charge is 0.308 e. The lowest BCUT2D eigenvalue weighted by atomic mass is 10.0. The third-order valence-corrected chi connectivity index (χ3v) is 3.14. The molecule has 0 amide bonds. The highest BCUT2D eigenvalue weighted by molar-refractivity contribution is 5.85. The maximum Gasteiger partial charge on any atom is 0.0449 e. The fourth-order valence-electron chi connectivity index (χ4n) is 2.15. The molecule has 1 saturated heterocycles. The fraction of sp³-hybridized carbons (Fsp3) is 0.538. The monoisotopic (exact) mass is 240 g/mol. The van der Waals surface area contributed by atoms with E-state index in [-0.39, 0.29) is 12.4 Å². The SMILES string of the molecule is CC(C)N1CCNC(c2ccccc2)C1.Cl. The van der Waals surface area contributed by atoms with Gasteiger partial charge in [-0.1, -0.05) is 30.3 Å². The molecular weight excluding hydrogens is 220 g/mol. The highest BCUT2D eigenvalue weighted by Gasteiger charge is 2.21. The summed E-state index contributed by atoms with van der Waals surface area (Å²) in [5.74, 6) is 0. The van der Waals surface area contributed by atoms with Gasteiger partial charge in [-0.25, -0.2) is 0 Å². The third kappa shape index (κ3) is 3.21. The van der Waals surface area contributed by atoms with Crippen molar-refractivity contribution in [2.45, 2.75) is 25.9 Å². The van der Waals surface area contributed by atoms with Crippen LogP contribution >= 0.6 is 12.4 Å². The van der Waals surface area contributed by atoms with Gasteiger partial charge in [0.15, 0.2) is 0 Å². The van der Waals surface area contributed by atoms with E-state index in [1.54, 1.807) is 0 Å². The number of hydrogen-bond donors (Lipinski definition) is 1. The summed E-state index contributed by atoms with van der Waals surface area (Å²) < 4.78 is 0. The predicted octanol–water partition coefficient (Wildman–Crippen LogP) is 2.46. The summed E-state index contributed by atoms with van der Waals surface area (Å²) in [6.07, 6.45) is 0. The second kappa shape index (κ2) is 6.24. The Hall–Kier alpha value is -0.570. The Labute approximate surface area is 104 Å². The molecule has 1 atom stereocenters. The molecule has 0 spiro atoms. The molecule has 1 unspecified atom stereocenters. The maximum atomic E-state index is 3.58. The van der Waals surface area contributed by atoms with Crippen molar-refractivity contribution >= 4 is 12.4 Å². The van der Waals surface area contributed by atoms with Crippen molar-refractivity contribution < 1.29 is 0 Å². The van der Waals surface area contributed by atoms with Crippen molar-refractivity contribution in [1.29, 1.82) is 0 Å². The minimum atomic E-state index is 0. The Morgan fingerprint density at radius 2 is 1.94 bits per heavy atom. The first-order valence-corrected chi connectivity index (χ1v) is 5.80. The van der Waals surface area contributed by atoms with Crippen LogP contribution in [-0.2, 0) is 0 Å². The van der Waals surface area contributed by atoms with Crippen LogP contribution in [0.3, 0.4) is 0 Å². The van der Waals surface area contributed by atoms with E-state index < -0.39 is 0 Å². The maximum absolute atomic E-state index is 3.58. The third-order valence-electron chi connectivity index (χ3n) is 3.14. The average molecular weight is 241 g/mol. The molecule has 0 saturated carbocycles. The first kappa shape index (κ1) is 13.5. The van der Waals surface area contributed by atoms with Gasteiger partial charge >= 0.3 is 0 Å². The molecule has 90 valence electrons. The summed E-state index contributed by atoms with van der Waals surface area (Å²) in [6, 6.07) is 11.9. The van der Waals surface area contributed by atoms with Crippen LogP contribution in [0.4, 0.5) is 0 Å². The van der Waals surface area contributed by atoms with Gasteiger partial charge in [-0.05, 0) is 19.4 Å². The summed E-state index contributed by atoms with van der Waals surface area (Å²) in [5.41, 5.74) is 1.41. The molecule has 2 nitrogen and oxygen atoms in total. The van der Waals surface area contributed by atoms with Gasteiger partial charge in [-0.3, -0.25) is 4.90 Å². The average Bonchev–Trinajstić information content (AvgIpc) is 2.30. The summed E-state index contributed by atoms with van der Waals surface area (Å²) in [6.45, 7) is 7.93. The van der Waals surface area contributed by atoms with Crippen molar-refractivity contribution in [2.24, 2.45) is 0 Å². The first-order valence-electron chi connectivity index (χ1n) is 5.80. The molecule has 1 aromatic carbocycles. The lowest BCUT2D eigenvalue weighted by Gasteiger charge is -2.36. The van der Waals surface area contributed by atoms with E-state index in [1.165, 1.54) is 12.1 Å². The first-order chi connectivity index (χ1) is 7.27. The second-order valence-corrected chi connectivity index (χ2v) is 4.51. The zero-order valence-electron chi connectivity index (χ0n) is 10.0. The Bertz CT molecular complexity index is 300. The van der Waals surface area contributed by atoms with E-state index in [0.717, 1.165) is 13.1 Å². The normalized spacial score (nSPS) is 21.8. The Morgan fingerprint density at radius 1 is 1.25 bits per heavy atom. The van der Waals surface area contributed by atoms with Gasteiger partial charge in [-0.2, -0.15) is 0 Å². The number of nitrogens with one attached hydrogen (secondary N) is 1. The van der Waals surface area contributed by atoms with Crippen LogP contribution in [0.1, 0.15) is 25.5 Å². The molecule has 1 aliphatic rings. The molecule has 1 aliphatic heterocycles. The Morgan fingerprint density at radius 3 is 2.56 bits per heavy atom. The molecule has 2 rings (SSSR count). The van der Waals surface area contributed by atoms with Gasteiger partial charge < -0.3 is 5.32 Å². The van der Waals surface area contributed by atoms with Gasteiger partial charge in [0.2, 0.25) is 0 Å². The van der Waals surface area contributed by atoms with E-state index in [4.69, 9.17) is 0 Å². The molecule has 0 aromatic heterocycles. The second-order valence-electron chi connectivity index (χ2n) is 4.51. The number of piperazine rings is 1. The van der Waals surface area contributed by atoms with Gasteiger partial charge in [-0.15, -0.1) is 12.4 Å². The van der Waals surface area contributed by atoms with Gasteiger partial charge in [0.05, 0.1) is 0 Å². The smallest absolute Gasteiger partial charge is 0.0449 e. The molecule has 1 aromatic rings. The van der Waals surface area contributed by atoms with Crippen LogP contribution in [-0.4, -0.2) is 30.6 Å². The van der Waals surface area contributed by atoms with Gasteiger partial charge in [0, 0.05) is 31.7 Å². The summed E-state index contributed by atoms with van der Waals surface area (Å²) in [5, 5.41) is 3.58. The summed E-state index contributed by atoms with van der Waals surface area (Å²) >= 11 is 0. The number of rotatable bonds is 2. The molecule has 3 heteroatoms. The molecule has 0 aliphatic carbocycles. The zero-order chi connectivity index (χ0) is 10.7. The van der Waals surface area contributed by atoms with Crippen LogP contribution < -0.4 is 5.32 Å². The zero-order valence-corrected chi connectivity index (χ0v) is 10.8. The number of nitrogens with zero attached hydrogens (tertiary/aromatic N) is 1. The molecule has 16 heavy (non-hydrogen) atoms. The minimum absolute atomic E-state index is 0. The number of halogens is 1. The van der Waals surface area contributed by atoms with Crippen molar-refractivity contribution in [3.05, 3.63) is 35.9 Å². The molecule has 1 N–H and O–H groups in total. The standard InChI is InChI=1S/C13H20N2.ClH/c1-11(2)15-9-8-14-13(10-15)12-6-4-3-5-7-12;/h3-7,11,13-14H,8-10H2,1-2H3;1H. The Kier molecular flexibility index (Phi) is 5.26. The van der Waals surface area contributed by atoms with Crippen molar-refractivity contribution in [3.8, 4) is 0 Å². The molecule has 1 fully saturated rings. The van der Waals surface area contributed by atoms with Crippen molar-refractivity contribution in [3.63, 3.8) is 0 Å². The molecule has 0 radical (unpaired) electrons. The fourth-order valence-corrected chi connectivity index (χ4v) is 2.15. The van der Waals surface area contributed by atoms with Crippen LogP contribution in [0.2, 0.25) is 0 Å². The van der Waals surface area contributed by atoms with Crippen molar-refractivity contribution in [2.75, 3.05) is 19.6 Å². The predicted molar refractivity (Wildman–Crippen MR) is 71.1 cm³/mol. The van der Waals surface area contributed by atoms with E-state index in [9.17, 15) is 0 Å².